The Hall–Kier alpha value is -4.12. The average molecular weight is 641 g/mol. The van der Waals surface area contributed by atoms with Crippen LogP contribution in [0.25, 0.3) is 10.9 Å². The summed E-state index contributed by atoms with van der Waals surface area (Å²) in [5, 5.41) is 14.3. The van der Waals surface area contributed by atoms with Gasteiger partial charge in [-0.3, -0.25) is 9.89 Å². The van der Waals surface area contributed by atoms with Gasteiger partial charge in [-0.05, 0) is 106 Å². The summed E-state index contributed by atoms with van der Waals surface area (Å²) in [5.74, 6) is 1.42. The number of benzene rings is 2. The number of nitrogens with one attached hydrogen (secondary N) is 3. The number of anilines is 1. The van der Waals surface area contributed by atoms with E-state index in [2.05, 4.69) is 38.8 Å². The summed E-state index contributed by atoms with van der Waals surface area (Å²) in [6, 6.07) is 13.1. The smallest absolute Gasteiger partial charge is 0.322 e. The number of carbonyl (C=O) groups is 3. The van der Waals surface area contributed by atoms with Crippen LogP contribution in [0, 0.1) is 11.8 Å². The Morgan fingerprint density at radius 3 is 2.36 bits per heavy atom. The average Bonchev–Trinajstić information content (AvgIpc) is 3.50. The minimum Gasteiger partial charge on any atom is -0.341 e. The van der Waals surface area contributed by atoms with Crippen LogP contribution in [0.15, 0.2) is 48.7 Å². The molecule has 0 bridgehead atoms. The number of rotatable bonds is 6. The summed E-state index contributed by atoms with van der Waals surface area (Å²) in [5.41, 5.74) is 3.96. The van der Waals surface area contributed by atoms with E-state index in [0.717, 1.165) is 79.1 Å². The molecule has 4 aliphatic rings. The highest BCUT2D eigenvalue weighted by molar-refractivity contribution is 5.91. The quantitative estimate of drug-likeness (QED) is 0.371. The standard InChI is InChI=1S/C36H48N8O3/c1-41-15-8-26(9-16-41)27-10-17-42(18-11-27)34(45)33(23-25-6-7-32-29(22-25)24-37-40-32)39-35(46)43-19-13-30(14-20-43)44-21-12-28-4-2-3-5-31(28)38-36(44)47/h2-7,22,24,26-27,30,33H,8-21,23H2,1H3,(H,37,40)(H,38,47)(H,39,46). The zero-order valence-corrected chi connectivity index (χ0v) is 27.5. The molecule has 11 heteroatoms. The zero-order valence-electron chi connectivity index (χ0n) is 27.5. The van der Waals surface area contributed by atoms with Crippen molar-refractivity contribution >= 4 is 34.6 Å². The zero-order chi connectivity index (χ0) is 32.3. The normalized spacial score (nSPS) is 21.3. The number of H-pyrrole nitrogens is 1. The van der Waals surface area contributed by atoms with Gasteiger partial charge in [0.1, 0.15) is 6.04 Å². The number of aromatic nitrogens is 2. The number of hydrogen-bond donors (Lipinski definition) is 3. The first-order chi connectivity index (χ1) is 22.9. The molecule has 4 aliphatic heterocycles. The van der Waals surface area contributed by atoms with Crippen molar-refractivity contribution < 1.29 is 14.4 Å². The molecule has 5 amide bonds. The van der Waals surface area contributed by atoms with Gasteiger partial charge in [-0.15, -0.1) is 0 Å². The number of urea groups is 2. The number of aromatic amines is 1. The summed E-state index contributed by atoms with van der Waals surface area (Å²) in [6.45, 7) is 5.55. The fraction of sp³-hybridized carbons (Fsp3) is 0.556. The molecule has 1 unspecified atom stereocenters. The van der Waals surface area contributed by atoms with E-state index in [1.165, 1.54) is 12.8 Å². The van der Waals surface area contributed by atoms with E-state index in [0.29, 0.717) is 44.8 Å². The third-order valence-corrected chi connectivity index (χ3v) is 11.2. The lowest BCUT2D eigenvalue weighted by Gasteiger charge is -2.41. The van der Waals surface area contributed by atoms with E-state index in [9.17, 15) is 14.4 Å². The third-order valence-electron chi connectivity index (χ3n) is 11.2. The first-order valence-electron chi connectivity index (χ1n) is 17.5. The fourth-order valence-corrected chi connectivity index (χ4v) is 8.23. The summed E-state index contributed by atoms with van der Waals surface area (Å²) in [7, 11) is 2.20. The van der Waals surface area contributed by atoms with Crippen molar-refractivity contribution in [3.05, 3.63) is 59.8 Å². The lowest BCUT2D eigenvalue weighted by atomic mass is 9.79. The van der Waals surface area contributed by atoms with Crippen LogP contribution in [0.2, 0.25) is 0 Å². The molecule has 11 nitrogen and oxygen atoms in total. The van der Waals surface area contributed by atoms with Gasteiger partial charge >= 0.3 is 12.1 Å². The Morgan fingerprint density at radius 2 is 1.60 bits per heavy atom. The van der Waals surface area contributed by atoms with Gasteiger partial charge in [0, 0.05) is 56.3 Å². The number of amides is 5. The highest BCUT2D eigenvalue weighted by Gasteiger charge is 2.35. The highest BCUT2D eigenvalue weighted by Crippen LogP contribution is 2.32. The molecule has 0 spiro atoms. The van der Waals surface area contributed by atoms with Crippen LogP contribution < -0.4 is 10.6 Å². The van der Waals surface area contributed by atoms with Gasteiger partial charge in [0.05, 0.1) is 11.7 Å². The summed E-state index contributed by atoms with van der Waals surface area (Å²) >= 11 is 0. The van der Waals surface area contributed by atoms with Crippen molar-refractivity contribution in [2.75, 3.05) is 58.2 Å². The lowest BCUT2D eigenvalue weighted by Crippen LogP contribution is -2.57. The topological polar surface area (TPSA) is 117 Å². The van der Waals surface area contributed by atoms with Crippen LogP contribution >= 0.6 is 0 Å². The molecular formula is C36H48N8O3. The van der Waals surface area contributed by atoms with Crippen LogP contribution in [0.1, 0.15) is 49.7 Å². The molecule has 5 heterocycles. The van der Waals surface area contributed by atoms with Gasteiger partial charge in [-0.1, -0.05) is 24.3 Å². The maximum atomic E-state index is 14.1. The molecule has 1 atom stereocenters. The van der Waals surface area contributed by atoms with Gasteiger partial charge in [-0.2, -0.15) is 5.10 Å². The number of hydrogen-bond acceptors (Lipinski definition) is 5. The number of fused-ring (bicyclic) bond motifs is 2. The van der Waals surface area contributed by atoms with Crippen LogP contribution in [-0.4, -0.2) is 113 Å². The summed E-state index contributed by atoms with van der Waals surface area (Å²) in [6.07, 6.45) is 8.98. The minimum atomic E-state index is -0.653. The Bertz CT molecular complexity index is 1570. The number of piperidine rings is 3. The van der Waals surface area contributed by atoms with Crippen molar-refractivity contribution in [2.24, 2.45) is 11.8 Å². The second-order valence-corrected chi connectivity index (χ2v) is 14.1. The number of para-hydroxylation sites is 1. The van der Waals surface area contributed by atoms with Gasteiger partial charge < -0.3 is 30.2 Å². The molecule has 47 heavy (non-hydrogen) atoms. The van der Waals surface area contributed by atoms with Gasteiger partial charge in [0.25, 0.3) is 0 Å². The first kappa shape index (κ1) is 31.5. The molecule has 250 valence electrons. The number of carbonyl (C=O) groups excluding carboxylic acids is 3. The van der Waals surface area contributed by atoms with Gasteiger partial charge in [-0.25, -0.2) is 9.59 Å². The van der Waals surface area contributed by atoms with E-state index >= 15 is 0 Å². The van der Waals surface area contributed by atoms with E-state index in [1.807, 2.05) is 51.1 Å². The molecule has 3 N–H and O–H groups in total. The number of likely N-dealkylation sites (tertiary alicyclic amines) is 3. The predicted molar refractivity (Wildman–Crippen MR) is 182 cm³/mol. The van der Waals surface area contributed by atoms with Crippen LogP contribution in [0.4, 0.5) is 15.3 Å². The maximum Gasteiger partial charge on any atom is 0.322 e. The molecule has 0 radical (unpaired) electrons. The third kappa shape index (κ3) is 7.10. The van der Waals surface area contributed by atoms with Crippen molar-refractivity contribution in [3.8, 4) is 0 Å². The first-order valence-corrected chi connectivity index (χ1v) is 17.5. The lowest BCUT2D eigenvalue weighted by molar-refractivity contribution is -0.135. The summed E-state index contributed by atoms with van der Waals surface area (Å²) < 4.78 is 0. The van der Waals surface area contributed by atoms with E-state index < -0.39 is 6.04 Å². The van der Waals surface area contributed by atoms with E-state index in [1.54, 1.807) is 6.20 Å². The largest absolute Gasteiger partial charge is 0.341 e. The Morgan fingerprint density at radius 1 is 0.894 bits per heavy atom. The highest BCUT2D eigenvalue weighted by atomic mass is 16.2. The predicted octanol–water partition coefficient (Wildman–Crippen LogP) is 4.32. The van der Waals surface area contributed by atoms with Gasteiger partial charge in [0.2, 0.25) is 5.91 Å². The molecule has 2 aromatic carbocycles. The summed E-state index contributed by atoms with van der Waals surface area (Å²) in [4.78, 5) is 49.1. The van der Waals surface area contributed by atoms with E-state index in [4.69, 9.17) is 0 Å². The molecule has 3 saturated heterocycles. The fourth-order valence-electron chi connectivity index (χ4n) is 8.23. The molecule has 3 aromatic rings. The van der Waals surface area contributed by atoms with Crippen molar-refractivity contribution in [1.29, 1.82) is 0 Å². The van der Waals surface area contributed by atoms with Crippen LogP contribution in [-0.2, 0) is 17.6 Å². The van der Waals surface area contributed by atoms with E-state index in [-0.39, 0.29) is 24.0 Å². The molecule has 3 fully saturated rings. The molecule has 7 rings (SSSR count). The number of nitrogens with zero attached hydrogens (tertiary/aromatic N) is 5. The maximum absolute atomic E-state index is 14.1. The molecular weight excluding hydrogens is 592 g/mol. The monoisotopic (exact) mass is 640 g/mol. The molecule has 1 aromatic heterocycles. The van der Waals surface area contributed by atoms with Crippen molar-refractivity contribution in [2.45, 2.75) is 63.5 Å². The second kappa shape index (κ2) is 13.9. The molecule has 0 aliphatic carbocycles. The minimum absolute atomic E-state index is 0.00292. The SMILES string of the molecule is CN1CCC(C2CCN(C(=O)C(Cc3ccc4[nH]ncc4c3)NC(=O)N3CCC(N4CCc5ccccc5NC4=O)CC3)CC2)CC1. The Labute approximate surface area is 277 Å². The van der Waals surface area contributed by atoms with Crippen LogP contribution in [0.3, 0.4) is 0 Å². The van der Waals surface area contributed by atoms with Crippen molar-refractivity contribution in [1.82, 2.24) is 35.1 Å². The van der Waals surface area contributed by atoms with Crippen molar-refractivity contribution in [3.63, 3.8) is 0 Å². The Balaban J connectivity index is 0.981. The molecule has 0 saturated carbocycles. The second-order valence-electron chi connectivity index (χ2n) is 14.1. The Kier molecular flexibility index (Phi) is 9.33. The van der Waals surface area contributed by atoms with Gasteiger partial charge in [0.15, 0.2) is 0 Å². The van der Waals surface area contributed by atoms with Crippen LogP contribution in [0.5, 0.6) is 0 Å².